The van der Waals surface area contributed by atoms with Crippen LogP contribution in [-0.2, 0) is 0 Å². The molecule has 0 radical (unpaired) electrons. The van der Waals surface area contributed by atoms with E-state index < -0.39 is 11.0 Å². The lowest BCUT2D eigenvalue weighted by Gasteiger charge is -2.11. The van der Waals surface area contributed by atoms with Crippen molar-refractivity contribution >= 4 is 18.1 Å². The summed E-state index contributed by atoms with van der Waals surface area (Å²) >= 11 is 0. The maximum Gasteiger partial charge on any atom is 0.270 e. The molecule has 0 aliphatic carbocycles. The molecule has 4 N–H and O–H groups in total. The largest absolute Gasteiger partial charge is 0.508 e. The Labute approximate surface area is 98.3 Å². The van der Waals surface area contributed by atoms with Crippen molar-refractivity contribution in [2.24, 2.45) is 5.73 Å². The van der Waals surface area contributed by atoms with Crippen molar-refractivity contribution in [2.75, 3.05) is 6.61 Å². The normalized spacial score (nSPS) is 11.6. The zero-order chi connectivity index (χ0) is 11.4. The number of phenols is 1. The van der Waals surface area contributed by atoms with E-state index in [0.717, 1.165) is 0 Å². The van der Waals surface area contributed by atoms with E-state index in [1.165, 1.54) is 18.2 Å². The molecule has 16 heavy (non-hydrogen) atoms. The van der Waals surface area contributed by atoms with Crippen LogP contribution in [0.1, 0.15) is 18.0 Å². The van der Waals surface area contributed by atoms with Crippen LogP contribution in [0.15, 0.2) is 18.2 Å². The van der Waals surface area contributed by atoms with Gasteiger partial charge in [-0.3, -0.25) is 10.1 Å². The number of aliphatic hydroxyl groups is 1. The molecule has 0 spiro atoms. The molecule has 0 aliphatic heterocycles. The molecule has 1 aromatic rings. The number of nitro groups is 1. The minimum atomic E-state index is -0.602. The maximum atomic E-state index is 10.5. The first kappa shape index (κ1) is 14.6. The molecule has 7 heteroatoms. The van der Waals surface area contributed by atoms with Crippen molar-refractivity contribution in [1.82, 2.24) is 0 Å². The van der Waals surface area contributed by atoms with Gasteiger partial charge < -0.3 is 15.9 Å². The number of hydrogen-bond acceptors (Lipinski definition) is 5. The first-order valence-electron chi connectivity index (χ1n) is 4.40. The van der Waals surface area contributed by atoms with Crippen LogP contribution in [0.4, 0.5) is 5.69 Å². The van der Waals surface area contributed by atoms with E-state index in [-0.39, 0.29) is 42.4 Å². The van der Waals surface area contributed by atoms with Crippen molar-refractivity contribution in [3.8, 4) is 5.75 Å². The quantitative estimate of drug-likeness (QED) is 0.546. The standard InChI is InChI=1S/C9H12N2O4.ClH/c10-8(3-4-12)7-5-6(11(14)15)1-2-9(7)13;/h1-2,5,8,12-13H,3-4,10H2;1H/t8-;/m0./s1. The van der Waals surface area contributed by atoms with Gasteiger partial charge in [0.2, 0.25) is 0 Å². The van der Waals surface area contributed by atoms with Crippen LogP contribution in [0.5, 0.6) is 5.75 Å². The number of aromatic hydroxyl groups is 1. The summed E-state index contributed by atoms with van der Waals surface area (Å²) in [6.07, 6.45) is 0.245. The van der Waals surface area contributed by atoms with Crippen LogP contribution < -0.4 is 5.73 Å². The highest BCUT2D eigenvalue weighted by Gasteiger charge is 2.15. The molecule has 90 valence electrons. The summed E-state index contributed by atoms with van der Waals surface area (Å²) in [5, 5.41) is 28.6. The fourth-order valence-corrected chi connectivity index (χ4v) is 1.25. The van der Waals surface area contributed by atoms with Crippen LogP contribution in [0.25, 0.3) is 0 Å². The summed E-state index contributed by atoms with van der Waals surface area (Å²) in [6, 6.07) is 3.04. The van der Waals surface area contributed by atoms with Crippen molar-refractivity contribution in [2.45, 2.75) is 12.5 Å². The number of halogens is 1. The highest BCUT2D eigenvalue weighted by molar-refractivity contribution is 5.85. The lowest BCUT2D eigenvalue weighted by atomic mass is 10.0. The van der Waals surface area contributed by atoms with Crippen molar-refractivity contribution in [3.05, 3.63) is 33.9 Å². The van der Waals surface area contributed by atoms with Gasteiger partial charge in [-0.25, -0.2) is 0 Å². The van der Waals surface area contributed by atoms with Gasteiger partial charge in [0, 0.05) is 30.3 Å². The average Bonchev–Trinajstić information content (AvgIpc) is 2.18. The smallest absolute Gasteiger partial charge is 0.270 e. The lowest BCUT2D eigenvalue weighted by Crippen LogP contribution is -2.12. The van der Waals surface area contributed by atoms with Gasteiger partial charge in [0.1, 0.15) is 5.75 Å². The van der Waals surface area contributed by atoms with Gasteiger partial charge >= 0.3 is 0 Å². The fourth-order valence-electron chi connectivity index (χ4n) is 1.25. The number of nitrogens with zero attached hydrogens (tertiary/aromatic N) is 1. The number of hydrogen-bond donors (Lipinski definition) is 3. The monoisotopic (exact) mass is 248 g/mol. The molecule has 1 aromatic carbocycles. The van der Waals surface area contributed by atoms with Gasteiger partial charge in [-0.05, 0) is 12.5 Å². The highest BCUT2D eigenvalue weighted by Crippen LogP contribution is 2.28. The van der Waals surface area contributed by atoms with Crippen molar-refractivity contribution < 1.29 is 15.1 Å². The Morgan fingerprint density at radius 1 is 1.50 bits per heavy atom. The zero-order valence-corrected chi connectivity index (χ0v) is 9.18. The van der Waals surface area contributed by atoms with Crippen LogP contribution in [0, 0.1) is 10.1 Å². The molecule has 0 unspecified atom stereocenters. The molecule has 0 aromatic heterocycles. The Kier molecular flexibility index (Phi) is 5.73. The Balaban J connectivity index is 0.00000225. The van der Waals surface area contributed by atoms with Gasteiger partial charge in [0.05, 0.1) is 4.92 Å². The fraction of sp³-hybridized carbons (Fsp3) is 0.333. The molecule has 0 amide bonds. The third-order valence-corrected chi connectivity index (χ3v) is 2.06. The second-order valence-electron chi connectivity index (χ2n) is 3.12. The van der Waals surface area contributed by atoms with Crippen LogP contribution in [-0.4, -0.2) is 21.7 Å². The number of non-ortho nitro benzene ring substituents is 1. The van der Waals surface area contributed by atoms with E-state index >= 15 is 0 Å². The summed E-state index contributed by atoms with van der Waals surface area (Å²) in [7, 11) is 0. The van der Waals surface area contributed by atoms with E-state index in [9.17, 15) is 15.2 Å². The molecular weight excluding hydrogens is 236 g/mol. The predicted octanol–water partition coefficient (Wildman–Crippen LogP) is 1.10. The number of aliphatic hydroxyl groups excluding tert-OH is 1. The Morgan fingerprint density at radius 3 is 2.62 bits per heavy atom. The van der Waals surface area contributed by atoms with E-state index in [2.05, 4.69) is 0 Å². The molecule has 0 saturated carbocycles. The Morgan fingerprint density at radius 2 is 2.12 bits per heavy atom. The first-order chi connectivity index (χ1) is 7.06. The molecule has 1 rings (SSSR count). The SMILES string of the molecule is Cl.N[C@@H](CCO)c1cc([N+](=O)[O-])ccc1O. The number of nitrogens with two attached hydrogens (primary N) is 1. The number of phenolic OH excluding ortho intramolecular Hbond substituents is 1. The van der Waals surface area contributed by atoms with Gasteiger partial charge in [-0.1, -0.05) is 0 Å². The van der Waals surface area contributed by atoms with Crippen molar-refractivity contribution in [3.63, 3.8) is 0 Å². The first-order valence-corrected chi connectivity index (χ1v) is 4.40. The summed E-state index contributed by atoms with van der Waals surface area (Å²) in [4.78, 5) is 9.92. The van der Waals surface area contributed by atoms with Gasteiger partial charge in [0.15, 0.2) is 0 Å². The Hall–Kier alpha value is -1.37. The number of nitro benzene ring substituents is 1. The summed E-state index contributed by atoms with van der Waals surface area (Å²) in [5.74, 6) is -0.0958. The molecule has 0 saturated heterocycles. The van der Waals surface area contributed by atoms with Crippen molar-refractivity contribution in [1.29, 1.82) is 0 Å². The van der Waals surface area contributed by atoms with Crippen LogP contribution in [0.3, 0.4) is 0 Å². The topological polar surface area (TPSA) is 110 Å². The predicted molar refractivity (Wildman–Crippen MR) is 60.6 cm³/mol. The third kappa shape index (κ3) is 3.34. The molecule has 6 nitrogen and oxygen atoms in total. The number of benzene rings is 1. The second-order valence-corrected chi connectivity index (χ2v) is 3.12. The molecule has 0 fully saturated rings. The van der Waals surface area contributed by atoms with E-state index in [0.29, 0.717) is 0 Å². The van der Waals surface area contributed by atoms with Gasteiger partial charge in [-0.15, -0.1) is 12.4 Å². The summed E-state index contributed by atoms with van der Waals surface area (Å²) < 4.78 is 0. The molecule has 1 atom stereocenters. The highest BCUT2D eigenvalue weighted by atomic mass is 35.5. The third-order valence-electron chi connectivity index (χ3n) is 2.06. The summed E-state index contributed by atoms with van der Waals surface area (Å²) in [6.45, 7) is -0.136. The molecule has 0 aliphatic rings. The lowest BCUT2D eigenvalue weighted by molar-refractivity contribution is -0.385. The Bertz CT molecular complexity index is 373. The average molecular weight is 249 g/mol. The van der Waals surface area contributed by atoms with Crippen LogP contribution in [0.2, 0.25) is 0 Å². The number of rotatable bonds is 4. The van der Waals surface area contributed by atoms with Gasteiger partial charge in [-0.2, -0.15) is 0 Å². The van der Waals surface area contributed by atoms with E-state index in [1.807, 2.05) is 0 Å². The minimum absolute atomic E-state index is 0. The second kappa shape index (κ2) is 6.26. The molecule has 0 heterocycles. The molecule has 0 bridgehead atoms. The minimum Gasteiger partial charge on any atom is -0.508 e. The maximum absolute atomic E-state index is 10.5. The van der Waals surface area contributed by atoms with Crippen LogP contribution >= 0.6 is 12.4 Å². The zero-order valence-electron chi connectivity index (χ0n) is 8.37. The van der Waals surface area contributed by atoms with E-state index in [1.54, 1.807) is 0 Å². The van der Waals surface area contributed by atoms with E-state index in [4.69, 9.17) is 10.8 Å². The molecular formula is C9H13ClN2O4. The summed E-state index contributed by atoms with van der Waals surface area (Å²) in [5.41, 5.74) is 5.78. The van der Waals surface area contributed by atoms with Gasteiger partial charge in [0.25, 0.3) is 5.69 Å².